The van der Waals surface area contributed by atoms with E-state index in [-0.39, 0.29) is 5.91 Å². The van der Waals surface area contributed by atoms with Gasteiger partial charge in [0.1, 0.15) is 0 Å². The molecule has 1 amide bonds. The maximum absolute atomic E-state index is 12.2. The minimum atomic E-state index is -0.484. The quantitative estimate of drug-likeness (QED) is 0.794. The maximum atomic E-state index is 12.2. The van der Waals surface area contributed by atoms with E-state index in [1.807, 2.05) is 24.4 Å². The fourth-order valence-corrected chi connectivity index (χ4v) is 3.40. The molecule has 3 rings (SSSR count). The Bertz CT molecular complexity index is 628. The van der Waals surface area contributed by atoms with Crippen LogP contribution in [0.5, 0.6) is 0 Å². The number of H-pyrrole nitrogens is 1. The van der Waals surface area contributed by atoms with Gasteiger partial charge in [-0.05, 0) is 36.8 Å². The number of carbonyl (C=O) groups is 1. The first kappa shape index (κ1) is 15.1. The third kappa shape index (κ3) is 3.50. The van der Waals surface area contributed by atoms with Gasteiger partial charge in [-0.15, -0.1) is 0 Å². The molecule has 0 saturated heterocycles. The Hall–Kier alpha value is -1.81. The van der Waals surface area contributed by atoms with Gasteiger partial charge < -0.3 is 16.0 Å². The minimum Gasteiger partial charge on any atom is -0.361 e. The van der Waals surface area contributed by atoms with Gasteiger partial charge in [0.2, 0.25) is 5.91 Å². The van der Waals surface area contributed by atoms with Crippen molar-refractivity contribution in [2.45, 2.75) is 44.6 Å². The maximum Gasteiger partial charge on any atom is 0.237 e. The van der Waals surface area contributed by atoms with E-state index in [1.54, 1.807) is 0 Å². The molecule has 1 aromatic carbocycles. The Morgan fingerprint density at radius 2 is 2.05 bits per heavy atom. The second-order valence-corrected chi connectivity index (χ2v) is 6.42. The molecule has 1 aliphatic carbocycles. The summed E-state index contributed by atoms with van der Waals surface area (Å²) in [6.07, 6.45) is 8.92. The average molecular weight is 299 g/mol. The van der Waals surface area contributed by atoms with Gasteiger partial charge in [-0.2, -0.15) is 0 Å². The first-order valence-corrected chi connectivity index (χ1v) is 8.32. The van der Waals surface area contributed by atoms with E-state index in [2.05, 4.69) is 16.4 Å². The molecule has 1 fully saturated rings. The van der Waals surface area contributed by atoms with Crippen molar-refractivity contribution >= 4 is 16.8 Å². The van der Waals surface area contributed by atoms with Crippen molar-refractivity contribution in [3.63, 3.8) is 0 Å². The molecule has 1 heterocycles. The number of nitrogens with one attached hydrogen (secondary N) is 2. The molecule has 2 aromatic rings. The smallest absolute Gasteiger partial charge is 0.237 e. The summed E-state index contributed by atoms with van der Waals surface area (Å²) in [4.78, 5) is 15.4. The normalized spacial score (nSPS) is 17.5. The van der Waals surface area contributed by atoms with Crippen LogP contribution in [-0.2, 0) is 11.2 Å². The van der Waals surface area contributed by atoms with E-state index in [4.69, 9.17) is 5.73 Å². The van der Waals surface area contributed by atoms with Crippen molar-refractivity contribution in [3.05, 3.63) is 36.0 Å². The van der Waals surface area contributed by atoms with Crippen molar-refractivity contribution in [2.75, 3.05) is 6.54 Å². The number of para-hydroxylation sites is 1. The SMILES string of the molecule is NC(Cc1c[nH]c2ccccc12)C(=O)NCC1CCCCC1. The van der Waals surface area contributed by atoms with Gasteiger partial charge in [-0.1, -0.05) is 37.5 Å². The van der Waals surface area contributed by atoms with Crippen LogP contribution in [0.15, 0.2) is 30.5 Å². The number of aromatic nitrogens is 1. The van der Waals surface area contributed by atoms with Crippen molar-refractivity contribution in [3.8, 4) is 0 Å². The van der Waals surface area contributed by atoms with Gasteiger partial charge >= 0.3 is 0 Å². The first-order chi connectivity index (χ1) is 10.7. The fraction of sp³-hybridized carbons (Fsp3) is 0.500. The van der Waals surface area contributed by atoms with Crippen molar-refractivity contribution in [2.24, 2.45) is 11.7 Å². The predicted octanol–water partition coefficient (Wildman–Crippen LogP) is 2.73. The van der Waals surface area contributed by atoms with Crippen LogP contribution in [0.3, 0.4) is 0 Å². The predicted molar refractivity (Wildman–Crippen MR) is 89.6 cm³/mol. The molecular weight excluding hydrogens is 274 g/mol. The summed E-state index contributed by atoms with van der Waals surface area (Å²) >= 11 is 0. The summed E-state index contributed by atoms with van der Waals surface area (Å²) in [5.41, 5.74) is 8.29. The Morgan fingerprint density at radius 1 is 1.27 bits per heavy atom. The lowest BCUT2D eigenvalue weighted by molar-refractivity contribution is -0.122. The first-order valence-electron chi connectivity index (χ1n) is 8.32. The highest BCUT2D eigenvalue weighted by Crippen LogP contribution is 2.23. The van der Waals surface area contributed by atoms with E-state index in [0.717, 1.165) is 23.0 Å². The fourth-order valence-electron chi connectivity index (χ4n) is 3.40. The van der Waals surface area contributed by atoms with Crippen molar-refractivity contribution in [1.82, 2.24) is 10.3 Å². The van der Waals surface area contributed by atoms with E-state index >= 15 is 0 Å². The standard InChI is InChI=1S/C18H25N3O/c19-16(18(22)21-11-13-6-2-1-3-7-13)10-14-12-20-17-9-5-4-8-15(14)17/h4-5,8-9,12-13,16,20H,1-3,6-7,10-11,19H2,(H,21,22). The van der Waals surface area contributed by atoms with Crippen LogP contribution in [-0.4, -0.2) is 23.5 Å². The van der Waals surface area contributed by atoms with Gasteiger partial charge in [-0.25, -0.2) is 0 Å². The highest BCUT2D eigenvalue weighted by molar-refractivity contribution is 5.86. The van der Waals surface area contributed by atoms with Gasteiger partial charge in [0.15, 0.2) is 0 Å². The number of benzene rings is 1. The number of rotatable bonds is 5. The molecule has 1 aromatic heterocycles. The zero-order valence-electron chi connectivity index (χ0n) is 13.0. The Labute approximate surface area is 131 Å². The van der Waals surface area contributed by atoms with E-state index in [1.165, 1.54) is 32.1 Å². The summed E-state index contributed by atoms with van der Waals surface area (Å²) in [5, 5.41) is 4.19. The third-order valence-corrected chi connectivity index (χ3v) is 4.74. The van der Waals surface area contributed by atoms with Crippen LogP contribution in [0.2, 0.25) is 0 Å². The summed E-state index contributed by atoms with van der Waals surface area (Å²) in [6, 6.07) is 7.62. The molecular formula is C18H25N3O. The molecule has 118 valence electrons. The lowest BCUT2D eigenvalue weighted by Gasteiger charge is -2.22. The monoisotopic (exact) mass is 299 g/mol. The summed E-state index contributed by atoms with van der Waals surface area (Å²) in [5.74, 6) is 0.605. The molecule has 0 aliphatic heterocycles. The molecule has 1 aliphatic rings. The molecule has 4 nitrogen and oxygen atoms in total. The van der Waals surface area contributed by atoms with Gasteiger partial charge in [-0.3, -0.25) is 4.79 Å². The molecule has 0 radical (unpaired) electrons. The van der Waals surface area contributed by atoms with Crippen LogP contribution in [0.1, 0.15) is 37.7 Å². The lowest BCUT2D eigenvalue weighted by Crippen LogP contribution is -2.43. The van der Waals surface area contributed by atoms with Crippen LogP contribution in [0, 0.1) is 5.92 Å². The van der Waals surface area contributed by atoms with Gasteiger partial charge in [0, 0.05) is 23.6 Å². The Balaban J connectivity index is 1.54. The zero-order chi connectivity index (χ0) is 15.4. The Morgan fingerprint density at radius 3 is 2.86 bits per heavy atom. The van der Waals surface area contributed by atoms with Crippen LogP contribution in [0.4, 0.5) is 0 Å². The molecule has 4 heteroatoms. The van der Waals surface area contributed by atoms with Crippen molar-refractivity contribution < 1.29 is 4.79 Å². The van der Waals surface area contributed by atoms with E-state index in [0.29, 0.717) is 12.3 Å². The number of nitrogens with two attached hydrogens (primary N) is 1. The number of carbonyl (C=O) groups excluding carboxylic acids is 1. The minimum absolute atomic E-state index is 0.0316. The molecule has 1 atom stereocenters. The molecule has 1 unspecified atom stereocenters. The molecule has 1 saturated carbocycles. The third-order valence-electron chi connectivity index (χ3n) is 4.74. The summed E-state index contributed by atoms with van der Waals surface area (Å²) in [7, 11) is 0. The van der Waals surface area contributed by atoms with E-state index in [9.17, 15) is 4.79 Å². The average Bonchev–Trinajstić information content (AvgIpc) is 2.97. The van der Waals surface area contributed by atoms with Crippen LogP contribution < -0.4 is 11.1 Å². The van der Waals surface area contributed by atoms with Crippen LogP contribution in [0.25, 0.3) is 10.9 Å². The highest BCUT2D eigenvalue weighted by Gasteiger charge is 2.18. The number of fused-ring (bicyclic) bond motifs is 1. The Kier molecular flexibility index (Phi) is 4.78. The number of hydrogen-bond donors (Lipinski definition) is 3. The molecule has 22 heavy (non-hydrogen) atoms. The van der Waals surface area contributed by atoms with Crippen LogP contribution >= 0.6 is 0 Å². The largest absolute Gasteiger partial charge is 0.361 e. The molecule has 0 spiro atoms. The molecule has 4 N–H and O–H groups in total. The lowest BCUT2D eigenvalue weighted by atomic mass is 9.89. The second kappa shape index (κ2) is 6.97. The number of aromatic amines is 1. The molecule has 0 bridgehead atoms. The van der Waals surface area contributed by atoms with E-state index < -0.39 is 6.04 Å². The summed E-state index contributed by atoms with van der Waals surface area (Å²) in [6.45, 7) is 0.778. The summed E-state index contributed by atoms with van der Waals surface area (Å²) < 4.78 is 0. The second-order valence-electron chi connectivity index (χ2n) is 6.42. The van der Waals surface area contributed by atoms with Crippen molar-refractivity contribution in [1.29, 1.82) is 0 Å². The van der Waals surface area contributed by atoms with Gasteiger partial charge in [0.25, 0.3) is 0 Å². The van der Waals surface area contributed by atoms with Gasteiger partial charge in [0.05, 0.1) is 6.04 Å². The zero-order valence-corrected chi connectivity index (χ0v) is 13.0. The number of hydrogen-bond acceptors (Lipinski definition) is 2. The number of amides is 1. The highest BCUT2D eigenvalue weighted by atomic mass is 16.2. The topological polar surface area (TPSA) is 70.9 Å².